The van der Waals surface area contributed by atoms with Crippen molar-refractivity contribution in [3.63, 3.8) is 0 Å². The molecule has 0 spiro atoms. The smallest absolute Gasteiger partial charge is 0.247 e. The Kier molecular flexibility index (Phi) is 6.29. The summed E-state index contributed by atoms with van der Waals surface area (Å²) in [5.74, 6) is 0.883. The average Bonchev–Trinajstić information content (AvgIpc) is 3.16. The van der Waals surface area contributed by atoms with Crippen LogP contribution in [-0.2, 0) is 17.9 Å². The molecule has 0 aliphatic carbocycles. The first kappa shape index (κ1) is 21.2. The van der Waals surface area contributed by atoms with Crippen molar-refractivity contribution in [2.75, 3.05) is 22.6 Å². The third-order valence-corrected chi connectivity index (χ3v) is 4.91. The average molecular weight is 411 g/mol. The normalized spacial score (nSPS) is 15.2. The SMILES string of the molecule is C.CC[C@@H]1C(=O)Nc2cnc(NCc3cnn(Cc4ccc(F)cc4)c3)nc2N1C. The molecule has 30 heavy (non-hydrogen) atoms. The molecule has 8 nitrogen and oxygen atoms in total. The molecule has 0 bridgehead atoms. The van der Waals surface area contributed by atoms with Gasteiger partial charge in [0.2, 0.25) is 11.9 Å². The van der Waals surface area contributed by atoms with Crippen LogP contribution in [0.4, 0.5) is 21.8 Å². The van der Waals surface area contributed by atoms with E-state index in [9.17, 15) is 9.18 Å². The highest BCUT2D eigenvalue weighted by molar-refractivity contribution is 6.02. The van der Waals surface area contributed by atoms with Crippen molar-refractivity contribution in [2.45, 2.75) is 39.9 Å². The van der Waals surface area contributed by atoms with E-state index in [4.69, 9.17) is 0 Å². The van der Waals surface area contributed by atoms with Crippen LogP contribution in [-0.4, -0.2) is 38.7 Å². The van der Waals surface area contributed by atoms with Crippen molar-refractivity contribution in [1.29, 1.82) is 0 Å². The van der Waals surface area contributed by atoms with E-state index in [-0.39, 0.29) is 25.2 Å². The number of nitrogens with one attached hydrogen (secondary N) is 2. The minimum Gasteiger partial charge on any atom is -0.350 e. The first-order valence-electron chi connectivity index (χ1n) is 9.44. The molecule has 3 heterocycles. The number of carbonyl (C=O) groups excluding carboxylic acids is 1. The van der Waals surface area contributed by atoms with Crippen LogP contribution in [0.5, 0.6) is 0 Å². The zero-order valence-electron chi connectivity index (χ0n) is 16.3. The molecule has 0 radical (unpaired) electrons. The lowest BCUT2D eigenvalue weighted by atomic mass is 10.1. The van der Waals surface area contributed by atoms with E-state index in [1.165, 1.54) is 12.1 Å². The van der Waals surface area contributed by atoms with Gasteiger partial charge in [0.25, 0.3) is 0 Å². The fourth-order valence-electron chi connectivity index (χ4n) is 3.36. The van der Waals surface area contributed by atoms with E-state index in [0.717, 1.165) is 11.1 Å². The van der Waals surface area contributed by atoms with E-state index in [2.05, 4.69) is 25.7 Å². The fourth-order valence-corrected chi connectivity index (χ4v) is 3.36. The minimum atomic E-state index is -0.250. The van der Waals surface area contributed by atoms with E-state index >= 15 is 0 Å². The second kappa shape index (κ2) is 8.89. The quantitative estimate of drug-likeness (QED) is 0.647. The number of halogens is 1. The van der Waals surface area contributed by atoms with Crippen LogP contribution in [0.3, 0.4) is 0 Å². The van der Waals surface area contributed by atoms with Crippen LogP contribution in [0.1, 0.15) is 31.9 Å². The lowest BCUT2D eigenvalue weighted by Crippen LogP contribution is -2.46. The maximum atomic E-state index is 13.0. The summed E-state index contributed by atoms with van der Waals surface area (Å²) in [6.07, 6.45) is 6.01. The number of likely N-dealkylation sites (N-methyl/N-ethyl adjacent to an activating group) is 1. The van der Waals surface area contributed by atoms with Crippen LogP contribution in [0.25, 0.3) is 0 Å². The molecule has 1 atom stereocenters. The Morgan fingerprint density at radius 3 is 2.70 bits per heavy atom. The summed E-state index contributed by atoms with van der Waals surface area (Å²) in [5, 5.41) is 10.4. The Labute approximate surface area is 175 Å². The van der Waals surface area contributed by atoms with Gasteiger partial charge in [-0.2, -0.15) is 10.1 Å². The summed E-state index contributed by atoms with van der Waals surface area (Å²) in [5.41, 5.74) is 2.56. The molecule has 1 aromatic carbocycles. The molecule has 3 aromatic rings. The van der Waals surface area contributed by atoms with E-state index in [1.54, 1.807) is 29.2 Å². The van der Waals surface area contributed by atoms with Crippen molar-refractivity contribution in [3.05, 3.63) is 59.8 Å². The Morgan fingerprint density at radius 2 is 1.97 bits per heavy atom. The van der Waals surface area contributed by atoms with Crippen LogP contribution in [0, 0.1) is 5.82 Å². The molecule has 0 unspecified atom stereocenters. The molecule has 0 saturated carbocycles. The molecular formula is C21H26FN7O. The molecular weight excluding hydrogens is 385 g/mol. The summed E-state index contributed by atoms with van der Waals surface area (Å²) < 4.78 is 14.8. The number of nitrogens with zero attached hydrogens (tertiary/aromatic N) is 5. The van der Waals surface area contributed by atoms with Crippen molar-refractivity contribution >= 4 is 23.4 Å². The van der Waals surface area contributed by atoms with Gasteiger partial charge in [-0.3, -0.25) is 9.48 Å². The van der Waals surface area contributed by atoms with Gasteiger partial charge in [0, 0.05) is 25.4 Å². The van der Waals surface area contributed by atoms with Gasteiger partial charge in [-0.05, 0) is 24.1 Å². The summed E-state index contributed by atoms with van der Waals surface area (Å²) >= 11 is 0. The minimum absolute atomic E-state index is 0. The van der Waals surface area contributed by atoms with Crippen molar-refractivity contribution in [2.24, 2.45) is 0 Å². The van der Waals surface area contributed by atoms with E-state index in [1.807, 2.05) is 25.1 Å². The second-order valence-electron chi connectivity index (χ2n) is 6.98. The topological polar surface area (TPSA) is 88.0 Å². The number of benzene rings is 1. The van der Waals surface area contributed by atoms with Gasteiger partial charge in [0.1, 0.15) is 17.5 Å². The maximum absolute atomic E-state index is 13.0. The molecule has 158 valence electrons. The number of aromatic nitrogens is 4. The van der Waals surface area contributed by atoms with Crippen LogP contribution >= 0.6 is 0 Å². The zero-order chi connectivity index (χ0) is 20.4. The van der Waals surface area contributed by atoms with E-state index in [0.29, 0.717) is 37.0 Å². The third kappa shape index (κ3) is 4.40. The van der Waals surface area contributed by atoms with Gasteiger partial charge in [-0.1, -0.05) is 26.5 Å². The Bertz CT molecular complexity index is 1020. The fraction of sp³-hybridized carbons (Fsp3) is 0.333. The molecule has 4 rings (SSSR count). The monoisotopic (exact) mass is 411 g/mol. The van der Waals surface area contributed by atoms with Gasteiger partial charge in [-0.25, -0.2) is 9.37 Å². The number of hydrogen-bond donors (Lipinski definition) is 2. The lowest BCUT2D eigenvalue weighted by molar-refractivity contribution is -0.117. The highest BCUT2D eigenvalue weighted by Gasteiger charge is 2.30. The first-order valence-corrected chi connectivity index (χ1v) is 9.44. The number of anilines is 3. The summed E-state index contributed by atoms with van der Waals surface area (Å²) in [7, 11) is 1.86. The Hall–Kier alpha value is -3.49. The zero-order valence-corrected chi connectivity index (χ0v) is 16.3. The van der Waals surface area contributed by atoms with Crippen molar-refractivity contribution in [3.8, 4) is 0 Å². The molecule has 2 aromatic heterocycles. The van der Waals surface area contributed by atoms with Crippen molar-refractivity contribution < 1.29 is 9.18 Å². The molecule has 2 N–H and O–H groups in total. The van der Waals surface area contributed by atoms with Gasteiger partial charge in [0.05, 0.1) is 18.9 Å². The Balaban J connectivity index is 0.00000256. The van der Waals surface area contributed by atoms with Crippen LogP contribution < -0.4 is 15.5 Å². The lowest BCUT2D eigenvalue weighted by Gasteiger charge is -2.33. The largest absolute Gasteiger partial charge is 0.350 e. The standard InChI is InChI=1S/C20H22FN7O.CH4/c1-3-17-19(29)25-16-10-23-20(26-18(16)27(17)2)22-8-14-9-24-28(12-14)11-13-4-6-15(21)7-5-13;/h4-7,9-10,12,17H,3,8,11H2,1-2H3,(H,25,29)(H,22,23,26);1H4/t17-;/m1./s1. The van der Waals surface area contributed by atoms with Gasteiger partial charge in [0.15, 0.2) is 5.82 Å². The predicted octanol–water partition coefficient (Wildman–Crippen LogP) is 3.28. The molecule has 0 saturated heterocycles. The third-order valence-electron chi connectivity index (χ3n) is 4.91. The van der Waals surface area contributed by atoms with Crippen LogP contribution in [0.15, 0.2) is 42.9 Å². The van der Waals surface area contributed by atoms with Crippen LogP contribution in [0.2, 0.25) is 0 Å². The number of hydrogen-bond acceptors (Lipinski definition) is 6. The number of carbonyl (C=O) groups is 1. The summed E-state index contributed by atoms with van der Waals surface area (Å²) in [6.45, 7) is 3.05. The number of rotatable bonds is 6. The molecule has 1 aliphatic rings. The molecule has 9 heteroatoms. The van der Waals surface area contributed by atoms with Gasteiger partial charge >= 0.3 is 0 Å². The molecule has 0 fully saturated rings. The molecule has 1 amide bonds. The Morgan fingerprint density at radius 1 is 1.20 bits per heavy atom. The summed E-state index contributed by atoms with van der Waals surface area (Å²) in [6, 6.07) is 6.13. The number of fused-ring (bicyclic) bond motifs is 1. The van der Waals surface area contributed by atoms with Gasteiger partial charge in [-0.15, -0.1) is 0 Å². The highest BCUT2D eigenvalue weighted by Crippen LogP contribution is 2.30. The van der Waals surface area contributed by atoms with Gasteiger partial charge < -0.3 is 15.5 Å². The molecule has 1 aliphatic heterocycles. The summed E-state index contributed by atoms with van der Waals surface area (Å²) in [4.78, 5) is 22.8. The first-order chi connectivity index (χ1) is 14.0. The highest BCUT2D eigenvalue weighted by atomic mass is 19.1. The van der Waals surface area contributed by atoms with Crippen molar-refractivity contribution in [1.82, 2.24) is 19.7 Å². The second-order valence-corrected chi connectivity index (χ2v) is 6.98. The van der Waals surface area contributed by atoms with E-state index < -0.39 is 0 Å². The number of amides is 1. The predicted molar refractivity (Wildman–Crippen MR) is 115 cm³/mol. The maximum Gasteiger partial charge on any atom is 0.247 e.